The number of esters is 5. The number of fused-ring (bicyclic) bond motifs is 15. The van der Waals surface area contributed by atoms with E-state index in [-0.39, 0.29) is 79.1 Å². The third-order valence-corrected chi connectivity index (χ3v) is 20.8. The molecule has 0 aromatic heterocycles. The van der Waals surface area contributed by atoms with Crippen LogP contribution in [0.1, 0.15) is 272 Å². The predicted octanol–water partition coefficient (Wildman–Crippen LogP) is 31.3. The van der Waals surface area contributed by atoms with Gasteiger partial charge in [0.1, 0.15) is 19.5 Å². The van der Waals surface area contributed by atoms with Crippen LogP contribution in [0.5, 0.6) is 0 Å². The summed E-state index contributed by atoms with van der Waals surface area (Å²) in [6.07, 6.45) is 14.8. The molecule has 13 nitrogen and oxygen atoms in total. The summed E-state index contributed by atoms with van der Waals surface area (Å²) in [6, 6.07) is 96.2. The maximum atomic E-state index is 11.1. The van der Waals surface area contributed by atoms with Crippen molar-refractivity contribution in [2.75, 3.05) is 47.6 Å². The van der Waals surface area contributed by atoms with E-state index in [2.05, 4.69) is 266 Å². The summed E-state index contributed by atoms with van der Waals surface area (Å²) in [4.78, 5) is 54.7. The standard InChI is InChI=1S/5C13H10.C12H24O2.C11H14O2.C8H16O3.C8H16O2.C7H14O4.5C2H6/c5*1-3-7-12-10(5-1)9-11-6-2-4-8-13(11)12;1-4-5-6-7-8-9-10-14-12(13)11(2)3;1-9(2)11(12)13-8-10-6-4-3-5-7-10;1-6(2)8(9)11-7(3)5-10-4;1-4-5-6-10-8(9)7(2)3;1-6(2)7(8)11-5-10-4-9-3;5*1-2/h5*1-8H,9H2;11H,4-10H2,1-3H3;3-7,9H,8H2,1-2H3;6-7H,5H2,1-4H3;7H,4-6H2,1-3H3;6H,4-5H2,1-3H3;5*1-2H3. The Labute approximate surface area is 809 Å². The Morgan fingerprint density at radius 2 is 0.470 bits per heavy atom. The highest BCUT2D eigenvalue weighted by Crippen LogP contribution is 2.40. The fourth-order valence-electron chi connectivity index (χ4n) is 14.0. The molecule has 13 heteroatoms. The van der Waals surface area contributed by atoms with E-state index in [0.29, 0.717) is 26.4 Å². The topological polar surface area (TPSA) is 159 Å². The molecule has 16 rings (SSSR count). The van der Waals surface area contributed by atoms with Crippen LogP contribution in [0.3, 0.4) is 0 Å². The van der Waals surface area contributed by atoms with E-state index in [9.17, 15) is 24.0 Å². The van der Waals surface area contributed by atoms with Crippen LogP contribution in [-0.2, 0) is 101 Å². The molecule has 0 aliphatic heterocycles. The molecule has 5 aliphatic rings. The van der Waals surface area contributed by atoms with Crippen LogP contribution in [0.15, 0.2) is 273 Å². The maximum Gasteiger partial charge on any atom is 0.310 e. The number of carbonyl (C=O) groups is 5. The van der Waals surface area contributed by atoms with E-state index < -0.39 is 0 Å². The first-order valence-electron chi connectivity index (χ1n) is 49.3. The molecule has 0 heterocycles. The van der Waals surface area contributed by atoms with Gasteiger partial charge in [-0.3, -0.25) is 24.0 Å². The summed E-state index contributed by atoms with van der Waals surface area (Å²) in [6.45, 7) is 46.4. The number of benzene rings is 11. The summed E-state index contributed by atoms with van der Waals surface area (Å²) >= 11 is 0. The fourth-order valence-corrected chi connectivity index (χ4v) is 14.0. The van der Waals surface area contributed by atoms with Crippen LogP contribution in [0.25, 0.3) is 55.6 Å². The molecule has 1 atom stereocenters. The van der Waals surface area contributed by atoms with E-state index in [4.69, 9.17) is 28.4 Å². The highest BCUT2D eigenvalue weighted by Gasteiger charge is 2.22. The normalized spacial score (nSPS) is 10.9. The molecule has 0 saturated carbocycles. The molecule has 134 heavy (non-hydrogen) atoms. The molecule has 0 bridgehead atoms. The molecule has 0 N–H and O–H groups in total. The lowest BCUT2D eigenvalue weighted by molar-refractivity contribution is -0.169. The highest BCUT2D eigenvalue weighted by molar-refractivity contribution is 5.81. The second kappa shape index (κ2) is 72.2. The second-order valence-electron chi connectivity index (χ2n) is 32.7. The molecule has 5 aliphatic carbocycles. The average Bonchev–Trinajstić information content (AvgIpc) is 1.68. The van der Waals surface area contributed by atoms with Gasteiger partial charge in [0, 0.05) is 14.2 Å². The Morgan fingerprint density at radius 1 is 0.246 bits per heavy atom. The van der Waals surface area contributed by atoms with E-state index in [1.165, 1.54) is 150 Å². The molecule has 11 aromatic carbocycles. The Bertz CT molecular complexity index is 4260. The van der Waals surface area contributed by atoms with E-state index in [0.717, 1.165) is 56.9 Å². The Balaban J connectivity index is 0.000000499. The Kier molecular flexibility index (Phi) is 63.9. The third-order valence-electron chi connectivity index (χ3n) is 20.8. The minimum absolute atomic E-state index is 0.00934. The van der Waals surface area contributed by atoms with Crippen molar-refractivity contribution >= 4 is 29.8 Å². The van der Waals surface area contributed by atoms with Gasteiger partial charge >= 0.3 is 29.8 Å². The lowest BCUT2D eigenvalue weighted by Crippen LogP contribution is -2.22. The van der Waals surface area contributed by atoms with Crippen molar-refractivity contribution in [3.63, 3.8) is 0 Å². The van der Waals surface area contributed by atoms with Gasteiger partial charge in [-0.05, 0) is 169 Å². The van der Waals surface area contributed by atoms with Gasteiger partial charge in [-0.15, -0.1) is 0 Å². The highest BCUT2D eigenvalue weighted by atomic mass is 16.7. The molecule has 726 valence electrons. The summed E-state index contributed by atoms with van der Waals surface area (Å²) in [7, 11) is 3.09. The lowest BCUT2D eigenvalue weighted by Gasteiger charge is -2.13. The zero-order chi connectivity index (χ0) is 99.4. The zero-order valence-electron chi connectivity index (χ0n) is 86.2. The summed E-state index contributed by atoms with van der Waals surface area (Å²) in [5.74, 6) is -0.947. The van der Waals surface area contributed by atoms with Crippen LogP contribution in [0.4, 0.5) is 0 Å². The van der Waals surface area contributed by atoms with Crippen LogP contribution >= 0.6 is 0 Å². The van der Waals surface area contributed by atoms with Gasteiger partial charge < -0.3 is 37.9 Å². The van der Waals surface area contributed by atoms with Crippen LogP contribution < -0.4 is 0 Å². The number of ether oxygens (including phenoxy) is 8. The van der Waals surface area contributed by atoms with Crippen molar-refractivity contribution in [1.29, 1.82) is 0 Å². The molecule has 11 aromatic rings. The van der Waals surface area contributed by atoms with Gasteiger partial charge in [0.15, 0.2) is 6.79 Å². The minimum atomic E-state index is -0.263. The first-order valence-corrected chi connectivity index (χ1v) is 49.3. The lowest BCUT2D eigenvalue weighted by atomic mass is 10.1. The summed E-state index contributed by atoms with van der Waals surface area (Å²) in [5, 5.41) is 0. The number of carbonyl (C=O) groups excluding carboxylic acids is 5. The number of rotatable bonds is 24. The number of hydrogen-bond donors (Lipinski definition) is 0. The zero-order valence-corrected chi connectivity index (χ0v) is 86.2. The van der Waals surface area contributed by atoms with E-state index in [1.807, 2.05) is 162 Å². The van der Waals surface area contributed by atoms with Gasteiger partial charge in [0.25, 0.3) is 0 Å². The molecule has 0 amide bonds. The summed E-state index contributed by atoms with van der Waals surface area (Å²) in [5.41, 5.74) is 29.8. The minimum Gasteiger partial charge on any atom is -0.465 e. The quantitative estimate of drug-likeness (QED) is 0.0244. The predicted molar refractivity (Wildman–Crippen MR) is 562 cm³/mol. The smallest absolute Gasteiger partial charge is 0.310 e. The van der Waals surface area contributed by atoms with Crippen LogP contribution in [0, 0.1) is 29.6 Å². The van der Waals surface area contributed by atoms with Crippen LogP contribution in [-0.4, -0.2) is 83.6 Å². The van der Waals surface area contributed by atoms with Crippen molar-refractivity contribution in [2.45, 2.75) is 255 Å². The molecule has 0 spiro atoms. The molecular formula is C121H164O13. The number of hydrogen-bond acceptors (Lipinski definition) is 13. The van der Waals surface area contributed by atoms with Crippen molar-refractivity contribution in [1.82, 2.24) is 0 Å². The molecule has 0 fully saturated rings. The monoisotopic (exact) mass is 1830 g/mol. The molecular weight excluding hydrogens is 1660 g/mol. The van der Waals surface area contributed by atoms with Crippen LogP contribution in [0.2, 0.25) is 0 Å². The fraction of sp³-hybridized carbons (Fsp3) is 0.413. The first-order chi connectivity index (χ1) is 65.1. The SMILES string of the molecule is CC.CC.CC.CC.CC.CC(C)C(=O)OCc1ccccc1.CCCCCCCCOC(=O)C(C)C.CCCCOC(=O)C(C)C.COCC(C)OC(=O)C(C)C.COCOCOC(=O)C(C)C.c1ccc2c(c1)Cc1ccccc1-2.c1ccc2c(c1)Cc1ccccc1-2.c1ccc2c(c1)Cc1ccccc1-2.c1ccc2c(c1)Cc1ccccc1-2.c1ccc2c(c1)Cc1ccccc1-2. The molecule has 0 radical (unpaired) electrons. The number of unbranched alkanes of at least 4 members (excludes halogenated alkanes) is 6. The van der Waals surface area contributed by atoms with Gasteiger partial charge in [-0.25, -0.2) is 0 Å². The van der Waals surface area contributed by atoms with Crippen molar-refractivity contribution < 1.29 is 61.9 Å². The number of methoxy groups -OCH3 is 2. The van der Waals surface area contributed by atoms with E-state index in [1.54, 1.807) is 21.0 Å². The van der Waals surface area contributed by atoms with Gasteiger partial charge in [-0.2, -0.15) is 0 Å². The molecule has 1 unspecified atom stereocenters. The third kappa shape index (κ3) is 43.8. The second-order valence-corrected chi connectivity index (χ2v) is 32.7. The Hall–Kier alpha value is -11.4. The average molecular weight is 1830 g/mol. The van der Waals surface area contributed by atoms with Gasteiger partial charge in [-0.1, -0.05) is 464 Å². The maximum absolute atomic E-state index is 11.1. The summed E-state index contributed by atoms with van der Waals surface area (Å²) < 4.78 is 38.8. The molecule has 0 saturated heterocycles. The Morgan fingerprint density at radius 3 is 0.716 bits per heavy atom. The van der Waals surface area contributed by atoms with Crippen molar-refractivity contribution in [2.24, 2.45) is 29.6 Å². The van der Waals surface area contributed by atoms with Crippen molar-refractivity contribution in [3.05, 3.63) is 334 Å². The van der Waals surface area contributed by atoms with E-state index >= 15 is 0 Å². The first kappa shape index (κ1) is 119. The van der Waals surface area contributed by atoms with Gasteiger partial charge in [0.2, 0.25) is 0 Å². The largest absolute Gasteiger partial charge is 0.465 e. The van der Waals surface area contributed by atoms with Crippen molar-refractivity contribution in [3.8, 4) is 55.6 Å². The van der Waals surface area contributed by atoms with Gasteiger partial charge in [0.05, 0.1) is 49.4 Å².